The van der Waals surface area contributed by atoms with E-state index in [2.05, 4.69) is 33.2 Å². The lowest BCUT2D eigenvalue weighted by Gasteiger charge is -2.28. The standard InChI is InChI=1S/C29H28FN5O2S/c1-18-17-24(19(2)35(18)22-10-12-23(36)13-11-22)28-27(25-5-3-4-15-31-25)33-29(38)34(28)16-14-26(37)32-21-8-6-20(30)7-9-21/h3-13,15,17,27-28,36H,14,16H2,1-2H3,(H,32,37)(H,33,38). The Morgan fingerprint density at radius 2 is 1.84 bits per heavy atom. The van der Waals surface area contributed by atoms with Crippen LogP contribution >= 0.6 is 12.2 Å². The van der Waals surface area contributed by atoms with Crippen LogP contribution in [0.5, 0.6) is 5.75 Å². The highest BCUT2D eigenvalue weighted by atomic mass is 32.1. The molecular formula is C29H28FN5O2S. The van der Waals surface area contributed by atoms with Crippen LogP contribution in [0.1, 0.15) is 41.1 Å². The molecule has 7 nitrogen and oxygen atoms in total. The van der Waals surface area contributed by atoms with Gasteiger partial charge in [0, 0.05) is 41.9 Å². The summed E-state index contributed by atoms with van der Waals surface area (Å²) in [4.78, 5) is 19.4. The van der Waals surface area contributed by atoms with Crippen molar-refractivity contribution in [3.63, 3.8) is 0 Å². The number of anilines is 1. The Bertz CT molecular complexity index is 1460. The van der Waals surface area contributed by atoms with Gasteiger partial charge in [-0.1, -0.05) is 6.07 Å². The Balaban J connectivity index is 1.46. The molecule has 2 unspecified atom stereocenters. The van der Waals surface area contributed by atoms with E-state index in [1.807, 2.05) is 42.2 Å². The van der Waals surface area contributed by atoms with Crippen LogP contribution in [-0.2, 0) is 4.79 Å². The number of halogens is 1. The van der Waals surface area contributed by atoms with Gasteiger partial charge in [-0.2, -0.15) is 0 Å². The number of thiocarbonyl (C=S) groups is 1. The molecule has 1 fully saturated rings. The lowest BCUT2D eigenvalue weighted by atomic mass is 9.96. The van der Waals surface area contributed by atoms with E-state index in [9.17, 15) is 14.3 Å². The van der Waals surface area contributed by atoms with Gasteiger partial charge >= 0.3 is 0 Å². The second-order valence-electron chi connectivity index (χ2n) is 9.30. The van der Waals surface area contributed by atoms with Crippen LogP contribution in [0.4, 0.5) is 10.1 Å². The third-order valence-electron chi connectivity index (χ3n) is 6.80. The van der Waals surface area contributed by atoms with E-state index in [0.29, 0.717) is 17.3 Å². The first-order valence-electron chi connectivity index (χ1n) is 12.3. The minimum absolute atomic E-state index is 0.186. The molecule has 1 amide bonds. The number of nitrogens with one attached hydrogen (secondary N) is 2. The fourth-order valence-corrected chi connectivity index (χ4v) is 5.38. The summed E-state index contributed by atoms with van der Waals surface area (Å²) in [5.41, 5.74) is 5.47. The Morgan fingerprint density at radius 1 is 1.11 bits per heavy atom. The number of aromatic nitrogens is 2. The largest absolute Gasteiger partial charge is 0.508 e. The molecule has 0 aliphatic carbocycles. The van der Waals surface area contributed by atoms with Gasteiger partial charge < -0.3 is 25.2 Å². The van der Waals surface area contributed by atoms with Crippen molar-refractivity contribution in [2.75, 3.05) is 11.9 Å². The van der Waals surface area contributed by atoms with E-state index in [1.54, 1.807) is 18.3 Å². The number of carbonyl (C=O) groups is 1. The van der Waals surface area contributed by atoms with Gasteiger partial charge in [-0.05, 0) is 98.4 Å². The summed E-state index contributed by atoms with van der Waals surface area (Å²) in [5, 5.41) is 16.6. The molecule has 2 aromatic heterocycles. The van der Waals surface area contributed by atoms with Crippen molar-refractivity contribution >= 4 is 28.9 Å². The highest BCUT2D eigenvalue weighted by Crippen LogP contribution is 2.41. The van der Waals surface area contributed by atoms with E-state index in [4.69, 9.17) is 12.2 Å². The SMILES string of the molecule is Cc1cc(C2C(c3ccccn3)NC(=S)N2CCC(=O)Nc2ccc(F)cc2)c(C)n1-c1ccc(O)cc1. The van der Waals surface area contributed by atoms with Crippen molar-refractivity contribution in [1.29, 1.82) is 0 Å². The molecule has 2 atom stereocenters. The third-order valence-corrected chi connectivity index (χ3v) is 7.15. The zero-order valence-electron chi connectivity index (χ0n) is 21.1. The zero-order valence-corrected chi connectivity index (χ0v) is 21.9. The topological polar surface area (TPSA) is 82.4 Å². The monoisotopic (exact) mass is 529 g/mol. The molecule has 194 valence electrons. The average Bonchev–Trinajstić information content (AvgIpc) is 3.39. The molecule has 3 N–H and O–H groups in total. The minimum atomic E-state index is -0.357. The van der Waals surface area contributed by atoms with Crippen molar-refractivity contribution in [1.82, 2.24) is 19.8 Å². The summed E-state index contributed by atoms with van der Waals surface area (Å²) >= 11 is 5.76. The fourth-order valence-electron chi connectivity index (χ4n) is 5.05. The Morgan fingerprint density at radius 3 is 2.53 bits per heavy atom. The predicted molar refractivity (Wildman–Crippen MR) is 149 cm³/mol. The van der Waals surface area contributed by atoms with Gasteiger partial charge in [0.2, 0.25) is 5.91 Å². The van der Waals surface area contributed by atoms with Crippen molar-refractivity contribution in [2.45, 2.75) is 32.4 Å². The molecule has 38 heavy (non-hydrogen) atoms. The fraction of sp³-hybridized carbons (Fsp3) is 0.207. The number of benzene rings is 2. The van der Waals surface area contributed by atoms with Gasteiger partial charge in [-0.15, -0.1) is 0 Å². The van der Waals surface area contributed by atoms with Crippen molar-refractivity contribution < 1.29 is 14.3 Å². The first-order chi connectivity index (χ1) is 18.3. The van der Waals surface area contributed by atoms with Crippen LogP contribution in [0.25, 0.3) is 5.69 Å². The maximum absolute atomic E-state index is 13.2. The summed E-state index contributed by atoms with van der Waals surface area (Å²) in [6, 6.07) is 20.3. The third kappa shape index (κ3) is 5.10. The number of hydrogen-bond donors (Lipinski definition) is 3. The molecule has 0 bridgehead atoms. The van der Waals surface area contributed by atoms with Crippen LogP contribution in [0.3, 0.4) is 0 Å². The number of phenolic OH excluding ortho intramolecular Hbond substituents is 1. The molecule has 5 rings (SSSR count). The minimum Gasteiger partial charge on any atom is -0.508 e. The van der Waals surface area contributed by atoms with Gasteiger partial charge in [0.05, 0.1) is 17.8 Å². The zero-order chi connectivity index (χ0) is 26.8. The lowest BCUT2D eigenvalue weighted by molar-refractivity contribution is -0.116. The second-order valence-corrected chi connectivity index (χ2v) is 9.69. The normalized spacial score (nSPS) is 16.9. The summed E-state index contributed by atoms with van der Waals surface area (Å²) in [7, 11) is 0. The highest BCUT2D eigenvalue weighted by molar-refractivity contribution is 7.80. The molecule has 9 heteroatoms. The maximum atomic E-state index is 13.2. The molecule has 3 heterocycles. The Labute approximate surface area is 225 Å². The summed E-state index contributed by atoms with van der Waals surface area (Å²) < 4.78 is 15.4. The van der Waals surface area contributed by atoms with Gasteiger partial charge in [-0.25, -0.2) is 4.39 Å². The molecule has 0 saturated carbocycles. The average molecular weight is 530 g/mol. The summed E-state index contributed by atoms with van der Waals surface area (Å²) in [5.74, 6) is -0.333. The molecule has 1 aliphatic heterocycles. The van der Waals surface area contributed by atoms with E-state index >= 15 is 0 Å². The quantitative estimate of drug-likeness (QED) is 0.281. The number of phenols is 1. The predicted octanol–water partition coefficient (Wildman–Crippen LogP) is 5.34. The first-order valence-corrected chi connectivity index (χ1v) is 12.7. The van der Waals surface area contributed by atoms with Crippen LogP contribution < -0.4 is 10.6 Å². The van der Waals surface area contributed by atoms with E-state index in [-0.39, 0.29) is 36.0 Å². The van der Waals surface area contributed by atoms with Crippen molar-refractivity contribution in [3.8, 4) is 11.4 Å². The number of carbonyl (C=O) groups excluding carboxylic acids is 1. The Hall–Kier alpha value is -4.24. The van der Waals surface area contributed by atoms with Gasteiger partial charge in [0.25, 0.3) is 0 Å². The highest BCUT2D eigenvalue weighted by Gasteiger charge is 2.41. The smallest absolute Gasteiger partial charge is 0.226 e. The first kappa shape index (κ1) is 25.4. The molecule has 4 aromatic rings. The van der Waals surface area contributed by atoms with Crippen LogP contribution in [0.2, 0.25) is 0 Å². The maximum Gasteiger partial charge on any atom is 0.226 e. The van der Waals surface area contributed by atoms with E-state index in [1.165, 1.54) is 24.3 Å². The number of amides is 1. The Kier molecular flexibility index (Phi) is 7.11. The number of nitrogens with zero attached hydrogens (tertiary/aromatic N) is 3. The molecule has 0 spiro atoms. The molecule has 1 aliphatic rings. The number of rotatable bonds is 7. The van der Waals surface area contributed by atoms with Gasteiger partial charge in [0.1, 0.15) is 11.6 Å². The van der Waals surface area contributed by atoms with Gasteiger partial charge in [0.15, 0.2) is 5.11 Å². The molecule has 0 radical (unpaired) electrons. The van der Waals surface area contributed by atoms with Gasteiger partial charge in [-0.3, -0.25) is 9.78 Å². The molecular weight excluding hydrogens is 501 g/mol. The molecule has 2 aromatic carbocycles. The summed E-state index contributed by atoms with van der Waals surface area (Å²) in [6.45, 7) is 4.49. The number of aryl methyl sites for hydroxylation is 1. The van der Waals surface area contributed by atoms with Crippen molar-refractivity contribution in [2.24, 2.45) is 0 Å². The number of aromatic hydroxyl groups is 1. The van der Waals surface area contributed by atoms with Crippen LogP contribution in [0.15, 0.2) is 79.0 Å². The van der Waals surface area contributed by atoms with Crippen LogP contribution in [0, 0.1) is 19.7 Å². The van der Waals surface area contributed by atoms with E-state index < -0.39 is 0 Å². The summed E-state index contributed by atoms with van der Waals surface area (Å²) in [6.07, 6.45) is 1.96. The number of pyridine rings is 1. The second kappa shape index (κ2) is 10.6. The van der Waals surface area contributed by atoms with Crippen molar-refractivity contribution in [3.05, 3.63) is 107 Å². The van der Waals surface area contributed by atoms with E-state index in [0.717, 1.165) is 28.3 Å². The number of hydrogen-bond acceptors (Lipinski definition) is 4. The van der Waals surface area contributed by atoms with Crippen LogP contribution in [-0.4, -0.2) is 37.1 Å². The lowest BCUT2D eigenvalue weighted by Crippen LogP contribution is -2.32. The molecule has 1 saturated heterocycles.